The summed E-state index contributed by atoms with van der Waals surface area (Å²) < 4.78 is 2.74. The summed E-state index contributed by atoms with van der Waals surface area (Å²) in [6.45, 7) is 2.30. The van der Waals surface area contributed by atoms with Crippen LogP contribution in [0.25, 0.3) is 5.65 Å². The molecule has 0 atom stereocenters. The fraction of sp³-hybridized carbons (Fsp3) is 0.143. The minimum Gasteiger partial charge on any atom is -0.383 e. The highest BCUT2D eigenvalue weighted by Crippen LogP contribution is 2.20. The zero-order chi connectivity index (χ0) is 17.4. The molecular weight excluding hydrogens is 334 g/mol. The lowest BCUT2D eigenvalue weighted by atomic mass is 10.3. The second-order valence-electron chi connectivity index (χ2n) is 5.01. The summed E-state index contributed by atoms with van der Waals surface area (Å²) in [6, 6.07) is 2.98. The molecule has 3 aromatic rings. The molecule has 0 radical (unpaired) electrons. The lowest BCUT2D eigenvalue weighted by molar-refractivity contribution is 0.100. The highest BCUT2D eigenvalue weighted by Gasteiger charge is 2.15. The second-order valence-corrected chi connectivity index (χ2v) is 5.45. The van der Waals surface area contributed by atoms with Gasteiger partial charge in [-0.15, -0.1) is 0 Å². The topological polar surface area (TPSA) is 133 Å². The Balaban J connectivity index is 2.11. The molecule has 1 amide bonds. The van der Waals surface area contributed by atoms with Gasteiger partial charge < -0.3 is 21.4 Å². The van der Waals surface area contributed by atoms with Gasteiger partial charge in [-0.05, 0) is 13.0 Å². The SMILES string of the molecule is CCn1cc(Cl)cc(Nc2cc(N)n3ncc(C(N)=O)c3n2)c1=O. The number of nitrogens with two attached hydrogens (primary N) is 2. The van der Waals surface area contributed by atoms with E-state index in [4.69, 9.17) is 23.1 Å². The number of carbonyl (C=O) groups excluding carboxylic acids is 1. The molecule has 0 aromatic carbocycles. The molecule has 0 saturated carbocycles. The Bertz CT molecular complexity index is 1010. The van der Waals surface area contributed by atoms with Gasteiger partial charge in [-0.1, -0.05) is 11.6 Å². The van der Waals surface area contributed by atoms with Crippen molar-refractivity contribution in [1.29, 1.82) is 0 Å². The van der Waals surface area contributed by atoms with Gasteiger partial charge in [-0.25, -0.2) is 4.98 Å². The van der Waals surface area contributed by atoms with E-state index >= 15 is 0 Å². The van der Waals surface area contributed by atoms with Gasteiger partial charge in [0, 0.05) is 18.8 Å². The van der Waals surface area contributed by atoms with Crippen molar-refractivity contribution >= 4 is 40.5 Å². The predicted octanol–water partition coefficient (Wildman–Crippen LogP) is 0.989. The zero-order valence-electron chi connectivity index (χ0n) is 12.7. The number of amides is 1. The van der Waals surface area contributed by atoms with Crippen LogP contribution in [0.4, 0.5) is 17.3 Å². The maximum Gasteiger partial charge on any atom is 0.274 e. The molecule has 0 bridgehead atoms. The van der Waals surface area contributed by atoms with E-state index in [1.807, 2.05) is 6.92 Å². The van der Waals surface area contributed by atoms with E-state index in [1.165, 1.54) is 27.4 Å². The summed E-state index contributed by atoms with van der Waals surface area (Å²) in [5.41, 5.74) is 11.5. The molecule has 0 aliphatic carbocycles. The normalized spacial score (nSPS) is 10.9. The van der Waals surface area contributed by atoms with Crippen LogP contribution in [0.2, 0.25) is 5.02 Å². The molecule has 3 aromatic heterocycles. The first-order chi connectivity index (χ1) is 11.4. The fourth-order valence-corrected chi connectivity index (χ4v) is 2.51. The standard InChI is InChI=1S/C14H14ClN7O2/c1-2-21-6-7(15)3-9(14(21)24)19-11-4-10(16)22-13(20-11)8(5-18-22)12(17)23/h3-6H,2,16H2,1H3,(H2,17,23)(H,19,20). The Kier molecular flexibility index (Phi) is 3.86. The molecule has 0 unspecified atom stereocenters. The Labute approximate surface area is 140 Å². The minimum absolute atomic E-state index is 0.127. The first-order valence-corrected chi connectivity index (χ1v) is 7.39. The quantitative estimate of drug-likeness (QED) is 0.644. The van der Waals surface area contributed by atoms with Gasteiger partial charge in [0.15, 0.2) is 5.65 Å². The van der Waals surface area contributed by atoms with Crippen molar-refractivity contribution in [2.24, 2.45) is 5.73 Å². The van der Waals surface area contributed by atoms with Gasteiger partial charge in [-0.2, -0.15) is 9.61 Å². The lowest BCUT2D eigenvalue weighted by Crippen LogP contribution is -2.21. The number of nitrogens with zero attached hydrogens (tertiary/aromatic N) is 4. The molecule has 124 valence electrons. The number of nitrogens with one attached hydrogen (secondary N) is 1. The van der Waals surface area contributed by atoms with Crippen molar-refractivity contribution in [2.45, 2.75) is 13.5 Å². The maximum absolute atomic E-state index is 12.3. The van der Waals surface area contributed by atoms with E-state index < -0.39 is 5.91 Å². The number of hydrogen-bond donors (Lipinski definition) is 3. The number of aromatic nitrogens is 4. The number of hydrogen-bond acceptors (Lipinski definition) is 6. The molecule has 5 N–H and O–H groups in total. The summed E-state index contributed by atoms with van der Waals surface area (Å²) in [5, 5.41) is 7.23. The number of anilines is 3. The predicted molar refractivity (Wildman–Crippen MR) is 90.6 cm³/mol. The summed E-state index contributed by atoms with van der Waals surface area (Å²) in [7, 11) is 0. The Morgan fingerprint density at radius 3 is 2.83 bits per heavy atom. The number of primary amides is 1. The molecule has 9 nitrogen and oxygen atoms in total. The Hall–Kier alpha value is -3.07. The van der Waals surface area contributed by atoms with Crippen molar-refractivity contribution in [3.63, 3.8) is 0 Å². The first-order valence-electron chi connectivity index (χ1n) is 7.01. The Morgan fingerprint density at radius 1 is 1.42 bits per heavy atom. The Morgan fingerprint density at radius 2 is 2.17 bits per heavy atom. The number of nitrogen functional groups attached to an aromatic ring is 1. The van der Waals surface area contributed by atoms with Crippen LogP contribution in [-0.2, 0) is 6.54 Å². The summed E-state index contributed by atoms with van der Waals surface area (Å²) in [4.78, 5) is 28.0. The fourth-order valence-electron chi connectivity index (χ4n) is 2.29. The molecule has 24 heavy (non-hydrogen) atoms. The largest absolute Gasteiger partial charge is 0.383 e. The number of pyridine rings is 1. The molecule has 3 rings (SSSR count). The van der Waals surface area contributed by atoms with Crippen molar-refractivity contribution in [3.8, 4) is 0 Å². The molecule has 0 spiro atoms. The first kappa shape index (κ1) is 15.8. The lowest BCUT2D eigenvalue weighted by Gasteiger charge is -2.10. The number of rotatable bonds is 4. The molecule has 3 heterocycles. The van der Waals surface area contributed by atoms with Gasteiger partial charge in [0.05, 0.1) is 11.2 Å². The zero-order valence-corrected chi connectivity index (χ0v) is 13.4. The second kappa shape index (κ2) is 5.85. The average Bonchev–Trinajstić information content (AvgIpc) is 2.95. The van der Waals surface area contributed by atoms with Crippen LogP contribution in [-0.4, -0.2) is 25.1 Å². The number of fused-ring (bicyclic) bond motifs is 1. The number of halogens is 1. The number of carbonyl (C=O) groups is 1. The molecule has 10 heteroatoms. The van der Waals surface area contributed by atoms with Crippen molar-refractivity contribution in [1.82, 2.24) is 19.2 Å². The van der Waals surface area contributed by atoms with E-state index in [9.17, 15) is 9.59 Å². The van der Waals surface area contributed by atoms with Crippen LogP contribution in [0, 0.1) is 0 Å². The van der Waals surface area contributed by atoms with Gasteiger partial charge in [-0.3, -0.25) is 9.59 Å². The minimum atomic E-state index is -0.676. The van der Waals surface area contributed by atoms with Crippen molar-refractivity contribution < 1.29 is 4.79 Å². The summed E-state index contributed by atoms with van der Waals surface area (Å²) >= 11 is 6.02. The molecule has 0 aliphatic heterocycles. The monoisotopic (exact) mass is 347 g/mol. The van der Waals surface area contributed by atoms with Crippen LogP contribution >= 0.6 is 11.6 Å². The van der Waals surface area contributed by atoms with Gasteiger partial charge in [0.2, 0.25) is 0 Å². The van der Waals surface area contributed by atoms with E-state index in [1.54, 1.807) is 6.20 Å². The highest BCUT2D eigenvalue weighted by atomic mass is 35.5. The third-order valence-corrected chi connectivity index (χ3v) is 3.63. The average molecular weight is 348 g/mol. The summed E-state index contributed by atoms with van der Waals surface area (Å²) in [5.74, 6) is -0.178. The molecule has 0 saturated heterocycles. The van der Waals surface area contributed by atoms with Crippen LogP contribution in [0.1, 0.15) is 17.3 Å². The molecular formula is C14H14ClN7O2. The van der Waals surface area contributed by atoms with E-state index in [0.29, 0.717) is 11.6 Å². The van der Waals surface area contributed by atoms with E-state index in [0.717, 1.165) is 0 Å². The van der Waals surface area contributed by atoms with Gasteiger partial charge in [0.1, 0.15) is 22.9 Å². The number of aryl methyl sites for hydroxylation is 1. The van der Waals surface area contributed by atoms with Crippen LogP contribution in [0.5, 0.6) is 0 Å². The van der Waals surface area contributed by atoms with Crippen LogP contribution in [0.3, 0.4) is 0 Å². The smallest absolute Gasteiger partial charge is 0.274 e. The highest BCUT2D eigenvalue weighted by molar-refractivity contribution is 6.30. The third kappa shape index (κ3) is 2.65. The van der Waals surface area contributed by atoms with Crippen LogP contribution < -0.4 is 22.3 Å². The van der Waals surface area contributed by atoms with Crippen molar-refractivity contribution in [3.05, 3.63) is 45.5 Å². The molecule has 0 fully saturated rings. The maximum atomic E-state index is 12.3. The van der Waals surface area contributed by atoms with E-state index in [-0.39, 0.29) is 34.1 Å². The van der Waals surface area contributed by atoms with Crippen LogP contribution in [0.15, 0.2) is 29.3 Å². The van der Waals surface area contributed by atoms with Gasteiger partial charge >= 0.3 is 0 Å². The van der Waals surface area contributed by atoms with E-state index in [2.05, 4.69) is 15.4 Å². The van der Waals surface area contributed by atoms with Gasteiger partial charge in [0.25, 0.3) is 11.5 Å². The summed E-state index contributed by atoms with van der Waals surface area (Å²) in [6.07, 6.45) is 2.83. The molecule has 0 aliphatic rings. The third-order valence-electron chi connectivity index (χ3n) is 3.42. The van der Waals surface area contributed by atoms with Crippen molar-refractivity contribution in [2.75, 3.05) is 11.1 Å².